The zero-order chi connectivity index (χ0) is 9.84. The number of aliphatic hydroxyl groups is 1. The third kappa shape index (κ3) is 2.80. The van der Waals surface area contributed by atoms with Gasteiger partial charge >= 0.3 is 0 Å². The van der Waals surface area contributed by atoms with Gasteiger partial charge in [0.1, 0.15) is 0 Å². The summed E-state index contributed by atoms with van der Waals surface area (Å²) in [5.74, 6) is 0. The summed E-state index contributed by atoms with van der Waals surface area (Å²) in [6.45, 7) is 0.0863. The lowest BCUT2D eigenvalue weighted by Crippen LogP contribution is -2.12. The number of nitrogens with two attached hydrogens (primary N) is 1. The van der Waals surface area contributed by atoms with Gasteiger partial charge in [0.15, 0.2) is 0 Å². The van der Waals surface area contributed by atoms with Crippen molar-refractivity contribution in [3.8, 4) is 0 Å². The molecule has 0 amide bonds. The molecular weight excluding hydrogens is 300 g/mol. The fraction of sp³-hybridized carbons (Fsp3) is 0.333. The first kappa shape index (κ1) is 11.2. The number of hydrogen-bond donors (Lipinski definition) is 2. The van der Waals surface area contributed by atoms with Crippen LogP contribution in [-0.4, -0.2) is 11.7 Å². The highest BCUT2D eigenvalue weighted by atomic mass is 127. The smallest absolute Gasteiger partial charge is 0.0587 e. The molecule has 0 aliphatic heterocycles. The molecule has 3 N–H and O–H groups in total. The Bertz CT molecular complexity index is 293. The molecule has 4 heteroatoms. The molecule has 1 rings (SSSR count). The molecule has 72 valence electrons. The van der Waals surface area contributed by atoms with Gasteiger partial charge in [-0.25, -0.2) is 0 Å². The minimum atomic E-state index is -0.174. The molecule has 1 atom stereocenters. The highest BCUT2D eigenvalue weighted by molar-refractivity contribution is 14.1. The first-order chi connectivity index (χ1) is 6.16. The van der Waals surface area contributed by atoms with Crippen LogP contribution in [0.5, 0.6) is 0 Å². The number of benzene rings is 1. The molecule has 0 bridgehead atoms. The molecule has 0 saturated heterocycles. The summed E-state index contributed by atoms with van der Waals surface area (Å²) in [5, 5.41) is 9.43. The van der Waals surface area contributed by atoms with Crippen molar-refractivity contribution in [1.29, 1.82) is 0 Å². The maximum absolute atomic E-state index is 8.73. The minimum Gasteiger partial charge on any atom is -0.396 e. The summed E-state index contributed by atoms with van der Waals surface area (Å²) in [6, 6.07) is 5.57. The predicted molar refractivity (Wildman–Crippen MR) is 62.8 cm³/mol. The van der Waals surface area contributed by atoms with E-state index in [2.05, 4.69) is 22.6 Å². The summed E-state index contributed by atoms with van der Waals surface area (Å²) in [5.41, 5.74) is 6.73. The molecule has 1 aromatic carbocycles. The van der Waals surface area contributed by atoms with Crippen LogP contribution < -0.4 is 5.73 Å². The quantitative estimate of drug-likeness (QED) is 0.842. The molecule has 0 fully saturated rings. The van der Waals surface area contributed by atoms with Crippen LogP contribution in [0, 0.1) is 3.57 Å². The number of halogens is 2. The summed E-state index contributed by atoms with van der Waals surface area (Å²) < 4.78 is 0.991. The standard InChI is InChI=1S/C9H11ClINO/c10-9-6(8(12)4-5-13)2-1-3-7(9)11/h1-3,8,13H,4-5,12H2/t8-/m1/s1. The van der Waals surface area contributed by atoms with Crippen LogP contribution in [0.4, 0.5) is 0 Å². The van der Waals surface area contributed by atoms with Crippen LogP contribution in [0.1, 0.15) is 18.0 Å². The molecule has 0 aliphatic rings. The summed E-state index contributed by atoms with van der Waals surface area (Å²) >= 11 is 8.22. The van der Waals surface area contributed by atoms with Gasteiger partial charge in [0.25, 0.3) is 0 Å². The molecule has 1 aromatic rings. The molecule has 0 saturated carbocycles. The zero-order valence-electron chi connectivity index (χ0n) is 7.00. The average Bonchev–Trinajstić information content (AvgIpc) is 2.10. The van der Waals surface area contributed by atoms with E-state index in [0.29, 0.717) is 11.4 Å². The highest BCUT2D eigenvalue weighted by Crippen LogP contribution is 2.27. The van der Waals surface area contributed by atoms with Crippen molar-refractivity contribution < 1.29 is 5.11 Å². The molecule has 0 spiro atoms. The third-order valence-electron chi connectivity index (χ3n) is 1.82. The maximum Gasteiger partial charge on any atom is 0.0587 e. The van der Waals surface area contributed by atoms with E-state index in [-0.39, 0.29) is 12.6 Å². The summed E-state index contributed by atoms with van der Waals surface area (Å²) in [7, 11) is 0. The number of aliphatic hydroxyl groups excluding tert-OH is 1. The second-order valence-corrected chi connectivity index (χ2v) is 4.30. The van der Waals surface area contributed by atoms with E-state index in [9.17, 15) is 0 Å². The van der Waals surface area contributed by atoms with Gasteiger partial charge in [-0.05, 0) is 40.6 Å². The van der Waals surface area contributed by atoms with Crippen LogP contribution in [-0.2, 0) is 0 Å². The van der Waals surface area contributed by atoms with Crippen molar-refractivity contribution in [2.75, 3.05) is 6.61 Å². The molecule has 13 heavy (non-hydrogen) atoms. The van der Waals surface area contributed by atoms with E-state index >= 15 is 0 Å². The first-order valence-corrected chi connectivity index (χ1v) is 5.43. The average molecular weight is 312 g/mol. The first-order valence-electron chi connectivity index (χ1n) is 3.97. The van der Waals surface area contributed by atoms with Crippen molar-refractivity contribution in [3.05, 3.63) is 32.4 Å². The van der Waals surface area contributed by atoms with E-state index in [1.165, 1.54) is 0 Å². The van der Waals surface area contributed by atoms with E-state index in [4.69, 9.17) is 22.4 Å². The van der Waals surface area contributed by atoms with Gasteiger partial charge in [0.2, 0.25) is 0 Å². The van der Waals surface area contributed by atoms with Crippen molar-refractivity contribution in [1.82, 2.24) is 0 Å². The second-order valence-electron chi connectivity index (χ2n) is 2.76. The Kier molecular flexibility index (Phi) is 4.45. The van der Waals surface area contributed by atoms with E-state index in [1.54, 1.807) is 0 Å². The Morgan fingerprint density at radius 3 is 2.85 bits per heavy atom. The van der Waals surface area contributed by atoms with Gasteiger partial charge in [-0.3, -0.25) is 0 Å². The lowest BCUT2D eigenvalue weighted by molar-refractivity contribution is 0.276. The minimum absolute atomic E-state index is 0.0863. The Morgan fingerprint density at radius 2 is 2.23 bits per heavy atom. The summed E-state index contributed by atoms with van der Waals surface area (Å²) in [6.07, 6.45) is 0.541. The van der Waals surface area contributed by atoms with E-state index in [0.717, 1.165) is 9.13 Å². The number of hydrogen-bond acceptors (Lipinski definition) is 2. The Hall–Kier alpha value is 0.160. The van der Waals surface area contributed by atoms with Crippen molar-refractivity contribution in [3.63, 3.8) is 0 Å². The van der Waals surface area contributed by atoms with Crippen molar-refractivity contribution in [2.24, 2.45) is 5.73 Å². The van der Waals surface area contributed by atoms with Crippen LogP contribution >= 0.6 is 34.2 Å². The monoisotopic (exact) mass is 311 g/mol. The van der Waals surface area contributed by atoms with Gasteiger partial charge in [0.05, 0.1) is 5.02 Å². The second kappa shape index (κ2) is 5.14. The Balaban J connectivity index is 2.93. The van der Waals surface area contributed by atoms with Gasteiger partial charge in [-0.2, -0.15) is 0 Å². The fourth-order valence-corrected chi connectivity index (χ4v) is 1.89. The summed E-state index contributed by atoms with van der Waals surface area (Å²) in [4.78, 5) is 0. The lowest BCUT2D eigenvalue weighted by atomic mass is 10.1. The molecule has 0 heterocycles. The zero-order valence-corrected chi connectivity index (χ0v) is 9.92. The van der Waals surface area contributed by atoms with Crippen molar-refractivity contribution in [2.45, 2.75) is 12.5 Å². The normalized spacial score (nSPS) is 12.9. The van der Waals surface area contributed by atoms with Gasteiger partial charge in [-0.15, -0.1) is 0 Å². The van der Waals surface area contributed by atoms with Crippen LogP contribution in [0.2, 0.25) is 5.02 Å². The van der Waals surface area contributed by atoms with Crippen LogP contribution in [0.15, 0.2) is 18.2 Å². The SMILES string of the molecule is N[C@H](CCO)c1cccc(I)c1Cl. The molecule has 0 radical (unpaired) electrons. The molecule has 0 unspecified atom stereocenters. The molecule has 0 aromatic heterocycles. The largest absolute Gasteiger partial charge is 0.396 e. The molecule has 0 aliphatic carbocycles. The van der Waals surface area contributed by atoms with Crippen LogP contribution in [0.25, 0.3) is 0 Å². The van der Waals surface area contributed by atoms with Gasteiger partial charge in [0, 0.05) is 16.2 Å². The molecular formula is C9H11ClINO. The fourth-order valence-electron chi connectivity index (χ4n) is 1.10. The topological polar surface area (TPSA) is 46.2 Å². The molecule has 2 nitrogen and oxygen atoms in total. The third-order valence-corrected chi connectivity index (χ3v) is 3.46. The van der Waals surface area contributed by atoms with Crippen molar-refractivity contribution >= 4 is 34.2 Å². The van der Waals surface area contributed by atoms with E-state index in [1.807, 2.05) is 18.2 Å². The highest BCUT2D eigenvalue weighted by Gasteiger charge is 2.10. The predicted octanol–water partition coefficient (Wildman–Crippen LogP) is 2.33. The number of rotatable bonds is 3. The Labute approximate surface area is 96.2 Å². The van der Waals surface area contributed by atoms with Gasteiger partial charge in [-0.1, -0.05) is 23.7 Å². The van der Waals surface area contributed by atoms with Crippen LogP contribution in [0.3, 0.4) is 0 Å². The van der Waals surface area contributed by atoms with Gasteiger partial charge < -0.3 is 10.8 Å². The van der Waals surface area contributed by atoms with E-state index < -0.39 is 0 Å². The Morgan fingerprint density at radius 1 is 1.54 bits per heavy atom. The maximum atomic E-state index is 8.73. The lowest BCUT2D eigenvalue weighted by Gasteiger charge is -2.12.